The highest BCUT2D eigenvalue weighted by atomic mass is 32.2. The van der Waals surface area contributed by atoms with Gasteiger partial charge in [-0.25, -0.2) is 13.9 Å². The summed E-state index contributed by atoms with van der Waals surface area (Å²) in [6.07, 6.45) is 0. The van der Waals surface area contributed by atoms with E-state index in [1.165, 1.54) is 14.0 Å². The molecule has 0 aromatic heterocycles. The molecule has 0 bridgehead atoms. The number of hydrogen-bond donors (Lipinski definition) is 2. The number of amides is 1. The summed E-state index contributed by atoms with van der Waals surface area (Å²) in [5, 5.41) is 0. The number of hydroxylamine groups is 1. The number of benzene rings is 1. The van der Waals surface area contributed by atoms with Crippen LogP contribution >= 0.6 is 0 Å². The van der Waals surface area contributed by atoms with E-state index >= 15 is 0 Å². The van der Waals surface area contributed by atoms with Crippen molar-refractivity contribution in [3.63, 3.8) is 0 Å². The highest BCUT2D eigenvalue weighted by molar-refractivity contribution is 7.92. The molecule has 0 aliphatic heterocycles. The summed E-state index contributed by atoms with van der Waals surface area (Å²) in [5.74, 6) is -1.49. The lowest BCUT2D eigenvalue weighted by molar-refractivity contribution is -0.134. The van der Waals surface area contributed by atoms with Crippen molar-refractivity contribution in [3.05, 3.63) is 29.8 Å². The molecular formula is C12H18N2O4S. The number of carbonyl (C=O) groups excluding carboxylic acids is 1. The van der Waals surface area contributed by atoms with Crippen LogP contribution in [-0.4, -0.2) is 27.2 Å². The van der Waals surface area contributed by atoms with E-state index in [-0.39, 0.29) is 5.75 Å². The molecule has 19 heavy (non-hydrogen) atoms. The molecule has 1 aromatic carbocycles. The van der Waals surface area contributed by atoms with Gasteiger partial charge in [-0.15, -0.1) is 0 Å². The van der Waals surface area contributed by atoms with E-state index in [2.05, 4.69) is 15.0 Å². The van der Waals surface area contributed by atoms with Gasteiger partial charge in [0.1, 0.15) is 0 Å². The Kier molecular flexibility index (Phi) is 5.31. The van der Waals surface area contributed by atoms with Crippen LogP contribution in [-0.2, 0) is 19.7 Å². The highest BCUT2D eigenvalue weighted by Crippen LogP contribution is 2.12. The molecule has 1 aromatic rings. The van der Waals surface area contributed by atoms with Crippen LogP contribution in [0.2, 0.25) is 0 Å². The Morgan fingerprint density at radius 3 is 2.42 bits per heavy atom. The smallest absolute Gasteiger partial charge is 0.247 e. The van der Waals surface area contributed by atoms with Crippen molar-refractivity contribution >= 4 is 21.6 Å². The zero-order chi connectivity index (χ0) is 14.5. The van der Waals surface area contributed by atoms with Gasteiger partial charge in [-0.05, 0) is 19.1 Å². The van der Waals surface area contributed by atoms with Crippen LogP contribution in [0.4, 0.5) is 5.69 Å². The summed E-state index contributed by atoms with van der Waals surface area (Å²) in [4.78, 5) is 15.8. The minimum Gasteiger partial charge on any atom is -0.284 e. The fourth-order valence-corrected chi connectivity index (χ4v) is 2.84. The lowest BCUT2D eigenvalue weighted by Gasteiger charge is -2.13. The Labute approximate surface area is 113 Å². The monoisotopic (exact) mass is 286 g/mol. The van der Waals surface area contributed by atoms with Gasteiger partial charge < -0.3 is 0 Å². The Hall–Kier alpha value is -1.60. The van der Waals surface area contributed by atoms with Gasteiger partial charge in [-0.2, -0.15) is 0 Å². The van der Waals surface area contributed by atoms with Gasteiger partial charge in [0.15, 0.2) is 0 Å². The highest BCUT2D eigenvalue weighted by Gasteiger charge is 2.21. The van der Waals surface area contributed by atoms with E-state index in [9.17, 15) is 13.2 Å². The Bertz CT molecular complexity index is 525. The number of aryl methyl sites for hydroxylation is 1. The third-order valence-electron chi connectivity index (χ3n) is 2.44. The topological polar surface area (TPSA) is 84.5 Å². The minimum absolute atomic E-state index is 0.309. The maximum Gasteiger partial charge on any atom is 0.247 e. The summed E-state index contributed by atoms with van der Waals surface area (Å²) in [6, 6.07) is 6.96. The van der Waals surface area contributed by atoms with Crippen molar-refractivity contribution in [2.75, 3.05) is 17.6 Å². The maximum atomic E-state index is 11.9. The number of rotatable bonds is 6. The third kappa shape index (κ3) is 5.27. The second-order valence-corrected chi connectivity index (χ2v) is 6.09. The van der Waals surface area contributed by atoms with Gasteiger partial charge in [0.2, 0.25) is 15.9 Å². The van der Waals surface area contributed by atoms with Crippen LogP contribution in [0.15, 0.2) is 24.3 Å². The van der Waals surface area contributed by atoms with E-state index in [0.29, 0.717) is 5.69 Å². The molecule has 0 fully saturated rings. The normalized spacial score (nSPS) is 12.8. The quantitative estimate of drug-likeness (QED) is 0.766. The Balaban J connectivity index is 2.66. The van der Waals surface area contributed by atoms with Gasteiger partial charge in [0.25, 0.3) is 0 Å². The van der Waals surface area contributed by atoms with Crippen LogP contribution in [0.1, 0.15) is 12.5 Å². The predicted octanol–water partition coefficient (Wildman–Crippen LogP) is 1.05. The van der Waals surface area contributed by atoms with Crippen LogP contribution < -0.4 is 10.2 Å². The number of nitrogens with one attached hydrogen (secondary N) is 2. The zero-order valence-corrected chi connectivity index (χ0v) is 12.0. The largest absolute Gasteiger partial charge is 0.284 e. The minimum atomic E-state index is -3.58. The van der Waals surface area contributed by atoms with Crippen LogP contribution in [0, 0.1) is 12.8 Å². The first-order chi connectivity index (χ1) is 8.84. The standard InChI is InChI=1S/C12H18N2O4S/c1-9-4-6-11(7-5-9)14-19(16,17)8-10(2)12(15)13-18-3/h4-7,10,14H,8H2,1-3H3,(H,13,15). The number of sulfonamides is 1. The predicted molar refractivity (Wildman–Crippen MR) is 72.9 cm³/mol. The fraction of sp³-hybridized carbons (Fsp3) is 0.417. The maximum absolute atomic E-state index is 11.9. The van der Waals surface area contributed by atoms with E-state index in [1.807, 2.05) is 6.92 Å². The van der Waals surface area contributed by atoms with Crippen LogP contribution in [0.5, 0.6) is 0 Å². The van der Waals surface area contributed by atoms with E-state index in [4.69, 9.17) is 0 Å². The van der Waals surface area contributed by atoms with Crippen LogP contribution in [0.3, 0.4) is 0 Å². The van der Waals surface area contributed by atoms with Gasteiger partial charge in [0.05, 0.1) is 18.8 Å². The van der Waals surface area contributed by atoms with E-state index < -0.39 is 21.8 Å². The van der Waals surface area contributed by atoms with Crippen molar-refractivity contribution in [1.82, 2.24) is 5.48 Å². The number of carbonyl (C=O) groups is 1. The molecule has 0 saturated heterocycles. The van der Waals surface area contributed by atoms with Crippen molar-refractivity contribution in [3.8, 4) is 0 Å². The molecule has 106 valence electrons. The summed E-state index contributed by atoms with van der Waals surface area (Å²) in [7, 11) is -2.28. The molecule has 0 spiro atoms. The molecule has 1 atom stereocenters. The van der Waals surface area contributed by atoms with Crippen molar-refractivity contribution in [2.24, 2.45) is 5.92 Å². The molecule has 0 saturated carbocycles. The molecule has 1 amide bonds. The molecule has 1 unspecified atom stereocenters. The van der Waals surface area contributed by atoms with Gasteiger partial charge >= 0.3 is 0 Å². The van der Waals surface area contributed by atoms with Crippen LogP contribution in [0.25, 0.3) is 0 Å². The first-order valence-electron chi connectivity index (χ1n) is 5.74. The molecular weight excluding hydrogens is 268 g/mol. The fourth-order valence-electron chi connectivity index (χ4n) is 1.45. The zero-order valence-electron chi connectivity index (χ0n) is 11.1. The molecule has 1 rings (SSSR count). The summed E-state index contributed by atoms with van der Waals surface area (Å²) in [6.45, 7) is 3.43. The second-order valence-electron chi connectivity index (χ2n) is 4.32. The summed E-state index contributed by atoms with van der Waals surface area (Å²) >= 11 is 0. The molecule has 0 radical (unpaired) electrons. The summed E-state index contributed by atoms with van der Waals surface area (Å²) < 4.78 is 26.2. The van der Waals surface area contributed by atoms with E-state index in [1.54, 1.807) is 24.3 Å². The average Bonchev–Trinajstić information content (AvgIpc) is 2.31. The molecule has 6 nitrogen and oxygen atoms in total. The molecule has 2 N–H and O–H groups in total. The molecule has 0 aliphatic carbocycles. The first-order valence-corrected chi connectivity index (χ1v) is 7.39. The lowest BCUT2D eigenvalue weighted by atomic mass is 10.2. The van der Waals surface area contributed by atoms with Crippen molar-refractivity contribution in [2.45, 2.75) is 13.8 Å². The van der Waals surface area contributed by atoms with Crippen molar-refractivity contribution in [1.29, 1.82) is 0 Å². The second kappa shape index (κ2) is 6.53. The summed E-state index contributed by atoms with van der Waals surface area (Å²) in [5.41, 5.74) is 3.62. The Morgan fingerprint density at radius 2 is 1.89 bits per heavy atom. The lowest BCUT2D eigenvalue weighted by Crippen LogP contribution is -2.34. The Morgan fingerprint density at radius 1 is 1.32 bits per heavy atom. The average molecular weight is 286 g/mol. The van der Waals surface area contributed by atoms with Gasteiger partial charge in [-0.1, -0.05) is 24.6 Å². The number of anilines is 1. The SMILES string of the molecule is CONC(=O)C(C)CS(=O)(=O)Nc1ccc(C)cc1. The van der Waals surface area contributed by atoms with Gasteiger partial charge in [-0.3, -0.25) is 14.4 Å². The molecule has 7 heteroatoms. The first kappa shape index (κ1) is 15.5. The van der Waals surface area contributed by atoms with Crippen molar-refractivity contribution < 1.29 is 18.0 Å². The molecule has 0 aliphatic rings. The third-order valence-corrected chi connectivity index (χ3v) is 3.93. The number of hydrogen-bond acceptors (Lipinski definition) is 4. The van der Waals surface area contributed by atoms with E-state index in [0.717, 1.165) is 5.56 Å². The molecule has 0 heterocycles. The van der Waals surface area contributed by atoms with Gasteiger partial charge in [0, 0.05) is 5.69 Å².